The van der Waals surface area contributed by atoms with Crippen molar-refractivity contribution < 1.29 is 27.0 Å². The first-order chi connectivity index (χ1) is 19.4. The molecule has 9 nitrogen and oxygen atoms in total. The van der Waals surface area contributed by atoms with Crippen LogP contribution in [0.1, 0.15) is 59.3 Å². The van der Waals surface area contributed by atoms with E-state index < -0.39 is 11.9 Å². The van der Waals surface area contributed by atoms with Crippen LogP contribution in [-0.4, -0.2) is 31.7 Å². The number of halogens is 1. The Bertz CT molecular complexity index is 1210. The average molecular weight is 734 g/mol. The number of carbonyl (C=O) groups is 2. The number of nitrogens with one attached hydrogen (secondary N) is 1. The van der Waals surface area contributed by atoms with Gasteiger partial charge in [-0.2, -0.15) is 16.0 Å². The number of ether oxygens (including phenoxy) is 2. The van der Waals surface area contributed by atoms with Gasteiger partial charge < -0.3 is 17.4 Å². The molecule has 1 aromatic rings. The summed E-state index contributed by atoms with van der Waals surface area (Å²) in [7, 11) is 0. The molecule has 0 aromatic heterocycles. The molecule has 0 aliphatic carbocycles. The Hall–Kier alpha value is -1.69. The van der Waals surface area contributed by atoms with Gasteiger partial charge in [-0.05, 0) is 20.3 Å². The Morgan fingerprint density at radius 3 is 1.62 bits per heavy atom. The Morgan fingerprint density at radius 2 is 1.20 bits per heavy atom. The zero-order valence-corrected chi connectivity index (χ0v) is 27.6. The first kappa shape index (κ1) is 32.8. The van der Waals surface area contributed by atoms with E-state index in [-0.39, 0.29) is 24.4 Å². The number of hydrogen-bond acceptors (Lipinski definition) is 13. The van der Waals surface area contributed by atoms with E-state index in [2.05, 4.69) is 12.4 Å². The molecule has 214 valence electrons. The molecule has 0 atom stereocenters. The molecule has 0 saturated carbocycles. The summed E-state index contributed by atoms with van der Waals surface area (Å²) in [6, 6.07) is 3.94. The molecule has 3 rings (SSSR count). The molecule has 0 amide bonds. The second kappa shape index (κ2) is 16.7. The molecule has 0 fully saturated rings. The summed E-state index contributed by atoms with van der Waals surface area (Å²) in [4.78, 5) is 33.7. The van der Waals surface area contributed by atoms with Crippen molar-refractivity contribution in [3.63, 3.8) is 0 Å². The van der Waals surface area contributed by atoms with Crippen molar-refractivity contribution in [2.45, 2.75) is 78.9 Å². The van der Waals surface area contributed by atoms with E-state index in [1.54, 1.807) is 36.9 Å². The summed E-state index contributed by atoms with van der Waals surface area (Å²) >= 11 is 6.69. The van der Waals surface area contributed by atoms with Gasteiger partial charge in [-0.25, -0.2) is 9.59 Å². The van der Waals surface area contributed by atoms with Gasteiger partial charge in [0.1, 0.15) is 12.1 Å². The number of benzene rings is 1. The fourth-order valence-electron chi connectivity index (χ4n) is 3.63. The van der Waals surface area contributed by atoms with E-state index in [0.29, 0.717) is 46.1 Å². The summed E-state index contributed by atoms with van der Waals surface area (Å²) in [5, 5.41) is 19.4. The first-order valence-corrected chi connectivity index (χ1v) is 16.9. The highest BCUT2D eigenvalue weighted by Gasteiger charge is 2.40. The Kier molecular flexibility index (Phi) is 13.7. The smallest absolute Gasteiger partial charge is 0.350 e. The topological polar surface area (TPSA) is 131 Å². The van der Waals surface area contributed by atoms with E-state index in [9.17, 15) is 20.1 Å². The minimum atomic E-state index is -0.692. The predicted molar refractivity (Wildman–Crippen MR) is 165 cm³/mol. The zero-order chi connectivity index (χ0) is 29.1. The van der Waals surface area contributed by atoms with E-state index in [4.69, 9.17) is 17.4 Å². The molecule has 2 aliphatic heterocycles. The number of hydroxylamine groups is 1. The molecule has 14 heteroatoms. The highest BCUT2D eigenvalue weighted by molar-refractivity contribution is 14.1. The molecule has 0 saturated heterocycles. The van der Waals surface area contributed by atoms with Crippen LogP contribution >= 0.6 is 70.1 Å². The van der Waals surface area contributed by atoms with Crippen molar-refractivity contribution in [2.75, 3.05) is 19.8 Å². The highest BCUT2D eigenvalue weighted by Crippen LogP contribution is 2.68. The van der Waals surface area contributed by atoms with Gasteiger partial charge in [0.2, 0.25) is 0 Å². The van der Waals surface area contributed by atoms with Gasteiger partial charge in [-0.1, -0.05) is 86.1 Å². The van der Waals surface area contributed by atoms with Crippen LogP contribution in [0.2, 0.25) is 0 Å². The highest BCUT2D eigenvalue weighted by atomic mass is 127. The molecule has 0 unspecified atom stereocenters. The maximum Gasteiger partial charge on any atom is 0.350 e. The van der Waals surface area contributed by atoms with Crippen LogP contribution in [0.25, 0.3) is 0 Å². The molecule has 2 aliphatic rings. The van der Waals surface area contributed by atoms with Crippen molar-refractivity contribution in [1.29, 1.82) is 10.5 Å². The van der Waals surface area contributed by atoms with E-state index in [0.717, 1.165) is 12.8 Å². The van der Waals surface area contributed by atoms with Gasteiger partial charge in [-0.15, -0.1) is 0 Å². The van der Waals surface area contributed by atoms with E-state index in [1.807, 2.05) is 12.1 Å². The van der Waals surface area contributed by atoms with Gasteiger partial charge in [-0.3, -0.25) is 0 Å². The number of hydrogen-bond donors (Lipinski definition) is 1. The SMILES string of the molecule is CCCCCCCCNOc1c2c(c(OI)c3c1S/C(=C(/C#N)C(=O)OCC)S3)S/C(=C(/C#N)C(=O)OCC)S2. The van der Waals surface area contributed by atoms with Crippen LogP contribution in [0.15, 0.2) is 39.2 Å². The normalized spacial score (nSPS) is 15.8. The minimum Gasteiger partial charge on any atom is -0.462 e. The lowest BCUT2D eigenvalue weighted by Crippen LogP contribution is -2.20. The Morgan fingerprint density at radius 1 is 0.750 bits per heavy atom. The summed E-state index contributed by atoms with van der Waals surface area (Å²) in [5.41, 5.74) is 2.88. The summed E-state index contributed by atoms with van der Waals surface area (Å²) in [6.07, 6.45) is 6.83. The molecule has 1 N–H and O–H groups in total. The third-order valence-corrected chi connectivity index (χ3v) is 11.1. The fourth-order valence-corrected chi connectivity index (χ4v) is 9.68. The van der Waals surface area contributed by atoms with Crippen molar-refractivity contribution >= 4 is 82.0 Å². The van der Waals surface area contributed by atoms with Crippen LogP contribution in [-0.2, 0) is 19.1 Å². The number of nitriles is 2. The van der Waals surface area contributed by atoms with E-state index in [1.165, 1.54) is 72.7 Å². The maximum atomic E-state index is 12.5. The third kappa shape index (κ3) is 7.77. The van der Waals surface area contributed by atoms with Crippen LogP contribution < -0.4 is 13.4 Å². The van der Waals surface area contributed by atoms with Crippen LogP contribution in [0.5, 0.6) is 11.5 Å². The predicted octanol–water partition coefficient (Wildman–Crippen LogP) is 7.65. The quantitative estimate of drug-likeness (QED) is 0.0502. The summed E-state index contributed by atoms with van der Waals surface area (Å²) in [6.45, 7) is 6.47. The lowest BCUT2D eigenvalue weighted by atomic mass is 10.1. The number of carbonyl (C=O) groups excluding carboxylic acids is 2. The van der Waals surface area contributed by atoms with Crippen molar-refractivity contribution in [1.82, 2.24) is 5.48 Å². The van der Waals surface area contributed by atoms with Crippen LogP contribution in [0.4, 0.5) is 0 Å². The molecular formula is C26H28IN3O6S4. The maximum absolute atomic E-state index is 12.5. The molecule has 40 heavy (non-hydrogen) atoms. The third-order valence-electron chi connectivity index (χ3n) is 5.49. The average Bonchev–Trinajstić information content (AvgIpc) is 3.56. The van der Waals surface area contributed by atoms with E-state index >= 15 is 0 Å². The van der Waals surface area contributed by atoms with Crippen molar-refractivity contribution in [3.05, 3.63) is 19.6 Å². The summed E-state index contributed by atoms with van der Waals surface area (Å²) < 4.78 is 16.9. The second-order valence-electron chi connectivity index (χ2n) is 8.21. The number of nitrogens with zero attached hydrogens (tertiary/aromatic N) is 2. The van der Waals surface area contributed by atoms with Gasteiger partial charge in [0.15, 0.2) is 45.7 Å². The number of esters is 2. The van der Waals surface area contributed by atoms with Crippen molar-refractivity contribution in [2.24, 2.45) is 0 Å². The number of fused-ring (bicyclic) bond motifs is 2. The lowest BCUT2D eigenvalue weighted by molar-refractivity contribution is -0.138. The molecule has 1 aromatic carbocycles. The molecule has 0 radical (unpaired) electrons. The monoisotopic (exact) mass is 733 g/mol. The molecule has 0 bridgehead atoms. The first-order valence-electron chi connectivity index (χ1n) is 12.7. The standard InChI is InChI=1S/C26H28IN3O6S4/c1-4-7-8-9-10-11-12-30-36-18-21-19(37-25(39-21)15(13-28)23(31)33-5-2)17(35-27)20-22(18)40-26(38-20)16(14-29)24(32)34-6-3/h30H,4-12H2,1-3H3/b25-15-,26-16+. The second-order valence-corrected chi connectivity index (χ2v) is 13.3. The lowest BCUT2D eigenvalue weighted by Gasteiger charge is -2.16. The van der Waals surface area contributed by atoms with Crippen molar-refractivity contribution in [3.8, 4) is 23.6 Å². The Labute approximate surface area is 265 Å². The summed E-state index contributed by atoms with van der Waals surface area (Å²) in [5.74, 6) is -0.405. The van der Waals surface area contributed by atoms with Gasteiger partial charge >= 0.3 is 11.9 Å². The van der Waals surface area contributed by atoms with Crippen LogP contribution in [0.3, 0.4) is 0 Å². The van der Waals surface area contributed by atoms with Crippen LogP contribution in [0, 0.1) is 22.7 Å². The fraction of sp³-hybridized carbons (Fsp3) is 0.462. The zero-order valence-electron chi connectivity index (χ0n) is 22.2. The molecule has 2 heterocycles. The minimum absolute atomic E-state index is 0.0893. The molecule has 0 spiro atoms. The van der Waals surface area contributed by atoms with Gasteiger partial charge in [0.05, 0.1) is 41.3 Å². The number of thioether (sulfide) groups is 4. The number of unbranched alkanes of at least 4 members (excludes halogenated alkanes) is 5. The largest absolute Gasteiger partial charge is 0.462 e. The Balaban J connectivity index is 2.00. The number of rotatable bonds is 14. The molecular weight excluding hydrogens is 705 g/mol. The van der Waals surface area contributed by atoms with Gasteiger partial charge in [0.25, 0.3) is 0 Å². The van der Waals surface area contributed by atoms with Gasteiger partial charge in [0, 0.05) is 6.54 Å².